The summed E-state index contributed by atoms with van der Waals surface area (Å²) in [4.78, 5) is 24.6. The van der Waals surface area contributed by atoms with Crippen LogP contribution in [0.1, 0.15) is 10.4 Å². The molecule has 0 spiro atoms. The molecule has 0 fully saturated rings. The summed E-state index contributed by atoms with van der Waals surface area (Å²) >= 11 is 0. The summed E-state index contributed by atoms with van der Waals surface area (Å²) in [6, 6.07) is 4.89. The predicted molar refractivity (Wildman–Crippen MR) is 68.5 cm³/mol. The molecule has 0 heterocycles. The van der Waals surface area contributed by atoms with Crippen LogP contribution in [0, 0.1) is 0 Å². The van der Waals surface area contributed by atoms with E-state index >= 15 is 0 Å². The summed E-state index contributed by atoms with van der Waals surface area (Å²) < 4.78 is 14.7. The number of likely N-dealkylation sites (N-methyl/N-ethyl adjacent to an activating group) is 1. The van der Waals surface area contributed by atoms with Crippen LogP contribution in [0.15, 0.2) is 18.2 Å². The van der Waals surface area contributed by atoms with Gasteiger partial charge >= 0.3 is 5.97 Å². The molecule has 0 atom stereocenters. The van der Waals surface area contributed by atoms with Crippen molar-refractivity contribution in [3.8, 4) is 11.5 Å². The highest BCUT2D eigenvalue weighted by atomic mass is 16.5. The van der Waals surface area contributed by atoms with Crippen LogP contribution in [0.5, 0.6) is 11.5 Å². The molecule has 0 saturated carbocycles. The number of carbonyl (C=O) groups excluding carboxylic acids is 2. The molecule has 6 heteroatoms. The van der Waals surface area contributed by atoms with Crippen LogP contribution in [0.25, 0.3) is 0 Å². The fourth-order valence-electron chi connectivity index (χ4n) is 1.52. The van der Waals surface area contributed by atoms with E-state index in [1.54, 1.807) is 18.2 Å². The number of benzene rings is 1. The summed E-state index contributed by atoms with van der Waals surface area (Å²) in [5.41, 5.74) is 0.327. The molecular weight excluding hydrogens is 250 g/mol. The predicted octanol–water partition coefficient (Wildman–Crippen LogP) is 0.949. The van der Waals surface area contributed by atoms with Gasteiger partial charge in [0.05, 0.1) is 26.9 Å². The van der Waals surface area contributed by atoms with Crippen molar-refractivity contribution < 1.29 is 23.8 Å². The van der Waals surface area contributed by atoms with Crippen molar-refractivity contribution in [2.75, 3.05) is 34.9 Å². The van der Waals surface area contributed by atoms with Gasteiger partial charge in [0.25, 0.3) is 5.91 Å². The minimum atomic E-state index is -0.488. The molecule has 0 aliphatic heterocycles. The standard InChI is InChI=1S/C13H17NO5/c1-14(8-12(15)19-4)13(16)10-7-9(17-2)5-6-11(10)18-3/h5-7H,8H2,1-4H3. The highest BCUT2D eigenvalue weighted by molar-refractivity contribution is 5.98. The molecule has 0 N–H and O–H groups in total. The zero-order valence-corrected chi connectivity index (χ0v) is 11.4. The average molecular weight is 267 g/mol. The van der Waals surface area contributed by atoms with Crippen LogP contribution in [0.2, 0.25) is 0 Å². The molecule has 0 aromatic heterocycles. The summed E-state index contributed by atoms with van der Waals surface area (Å²) in [7, 11) is 5.76. The van der Waals surface area contributed by atoms with Crippen LogP contribution in [-0.4, -0.2) is 51.7 Å². The normalized spacial score (nSPS) is 9.68. The number of ether oxygens (including phenoxy) is 3. The molecule has 0 bridgehead atoms. The van der Waals surface area contributed by atoms with E-state index in [1.807, 2.05) is 0 Å². The molecule has 19 heavy (non-hydrogen) atoms. The first kappa shape index (κ1) is 14.8. The van der Waals surface area contributed by atoms with Gasteiger partial charge in [0.1, 0.15) is 18.0 Å². The molecular formula is C13H17NO5. The van der Waals surface area contributed by atoms with Crippen molar-refractivity contribution in [2.45, 2.75) is 0 Å². The van der Waals surface area contributed by atoms with E-state index in [-0.39, 0.29) is 12.5 Å². The summed E-state index contributed by atoms with van der Waals surface area (Å²) in [5, 5.41) is 0. The molecule has 0 unspecified atom stereocenters. The number of esters is 1. The van der Waals surface area contributed by atoms with Crippen molar-refractivity contribution in [3.05, 3.63) is 23.8 Å². The highest BCUT2D eigenvalue weighted by Crippen LogP contribution is 2.24. The number of rotatable bonds is 5. The minimum Gasteiger partial charge on any atom is -0.497 e. The van der Waals surface area contributed by atoms with Crippen molar-refractivity contribution in [3.63, 3.8) is 0 Å². The number of amides is 1. The number of hydrogen-bond acceptors (Lipinski definition) is 5. The largest absolute Gasteiger partial charge is 0.497 e. The van der Waals surface area contributed by atoms with Gasteiger partial charge in [0.15, 0.2) is 0 Å². The molecule has 1 rings (SSSR count). The summed E-state index contributed by atoms with van der Waals surface area (Å²) in [6.45, 7) is -0.129. The lowest BCUT2D eigenvalue weighted by atomic mass is 10.1. The van der Waals surface area contributed by atoms with Gasteiger partial charge in [0.2, 0.25) is 0 Å². The first-order valence-electron chi connectivity index (χ1n) is 5.57. The Morgan fingerprint density at radius 3 is 2.37 bits per heavy atom. The molecule has 1 aromatic rings. The van der Waals surface area contributed by atoms with E-state index < -0.39 is 5.97 Å². The van der Waals surface area contributed by atoms with Crippen LogP contribution >= 0.6 is 0 Å². The van der Waals surface area contributed by atoms with Crippen molar-refractivity contribution >= 4 is 11.9 Å². The van der Waals surface area contributed by atoms with Gasteiger partial charge in [0, 0.05) is 7.05 Å². The van der Waals surface area contributed by atoms with Gasteiger partial charge in [-0.15, -0.1) is 0 Å². The van der Waals surface area contributed by atoms with Gasteiger partial charge in [-0.25, -0.2) is 0 Å². The lowest BCUT2D eigenvalue weighted by Crippen LogP contribution is -2.32. The van der Waals surface area contributed by atoms with E-state index in [1.165, 1.54) is 33.3 Å². The van der Waals surface area contributed by atoms with Crippen LogP contribution < -0.4 is 9.47 Å². The Hall–Kier alpha value is -2.24. The second-order valence-electron chi connectivity index (χ2n) is 3.80. The molecule has 104 valence electrons. The quantitative estimate of drug-likeness (QED) is 0.743. The summed E-state index contributed by atoms with van der Waals surface area (Å²) in [5.74, 6) is 0.122. The van der Waals surface area contributed by atoms with E-state index in [9.17, 15) is 9.59 Å². The molecule has 6 nitrogen and oxygen atoms in total. The number of hydrogen-bond donors (Lipinski definition) is 0. The monoisotopic (exact) mass is 267 g/mol. The van der Waals surface area contributed by atoms with Gasteiger partial charge < -0.3 is 19.1 Å². The smallest absolute Gasteiger partial charge is 0.325 e. The van der Waals surface area contributed by atoms with Gasteiger partial charge in [-0.1, -0.05) is 0 Å². The fraction of sp³-hybridized carbons (Fsp3) is 0.385. The lowest BCUT2D eigenvalue weighted by molar-refractivity contribution is -0.141. The maximum Gasteiger partial charge on any atom is 0.325 e. The van der Waals surface area contributed by atoms with Gasteiger partial charge in [-0.3, -0.25) is 9.59 Å². The Bertz CT molecular complexity index is 472. The Balaban J connectivity index is 2.99. The average Bonchev–Trinajstić information content (AvgIpc) is 2.45. The third-order valence-electron chi connectivity index (χ3n) is 2.58. The Labute approximate surface area is 111 Å². The zero-order valence-electron chi connectivity index (χ0n) is 11.4. The third-order valence-corrected chi connectivity index (χ3v) is 2.58. The first-order valence-corrected chi connectivity index (χ1v) is 5.57. The Morgan fingerprint density at radius 2 is 1.84 bits per heavy atom. The molecule has 0 aliphatic carbocycles. The Kier molecular flexibility index (Phi) is 5.17. The maximum atomic E-state index is 12.2. The van der Waals surface area contributed by atoms with E-state index in [2.05, 4.69) is 4.74 Å². The van der Waals surface area contributed by atoms with Crippen molar-refractivity contribution in [1.82, 2.24) is 4.90 Å². The molecule has 0 saturated heterocycles. The van der Waals surface area contributed by atoms with Crippen LogP contribution in [0.4, 0.5) is 0 Å². The topological polar surface area (TPSA) is 65.1 Å². The fourth-order valence-corrected chi connectivity index (χ4v) is 1.52. The van der Waals surface area contributed by atoms with Gasteiger partial charge in [-0.05, 0) is 18.2 Å². The third kappa shape index (κ3) is 3.61. The highest BCUT2D eigenvalue weighted by Gasteiger charge is 2.19. The van der Waals surface area contributed by atoms with E-state index in [0.717, 1.165) is 0 Å². The first-order chi connectivity index (χ1) is 9.03. The maximum absolute atomic E-state index is 12.2. The second kappa shape index (κ2) is 6.63. The molecule has 1 aromatic carbocycles. The lowest BCUT2D eigenvalue weighted by Gasteiger charge is -2.17. The zero-order chi connectivity index (χ0) is 14.4. The molecule has 0 radical (unpaired) electrons. The summed E-state index contributed by atoms with van der Waals surface area (Å²) in [6.07, 6.45) is 0. The molecule has 1 amide bonds. The Morgan fingerprint density at radius 1 is 1.16 bits per heavy atom. The van der Waals surface area contributed by atoms with Crippen LogP contribution in [0.3, 0.4) is 0 Å². The van der Waals surface area contributed by atoms with Crippen LogP contribution in [-0.2, 0) is 9.53 Å². The van der Waals surface area contributed by atoms with Crippen molar-refractivity contribution in [1.29, 1.82) is 0 Å². The second-order valence-corrected chi connectivity index (χ2v) is 3.80. The van der Waals surface area contributed by atoms with Crippen molar-refractivity contribution in [2.24, 2.45) is 0 Å². The number of nitrogens with zero attached hydrogens (tertiary/aromatic N) is 1. The molecule has 0 aliphatic rings. The van der Waals surface area contributed by atoms with Gasteiger partial charge in [-0.2, -0.15) is 0 Å². The minimum absolute atomic E-state index is 0.129. The number of carbonyl (C=O) groups is 2. The van der Waals surface area contributed by atoms with E-state index in [4.69, 9.17) is 9.47 Å². The number of methoxy groups -OCH3 is 3. The SMILES string of the molecule is COC(=O)CN(C)C(=O)c1cc(OC)ccc1OC. The van der Waals surface area contributed by atoms with E-state index in [0.29, 0.717) is 17.1 Å².